The van der Waals surface area contributed by atoms with E-state index in [1.54, 1.807) is 19.2 Å². The van der Waals surface area contributed by atoms with Gasteiger partial charge in [-0.3, -0.25) is 0 Å². The average molecular weight is 634 g/mol. The molecule has 0 bridgehead atoms. The van der Waals surface area contributed by atoms with E-state index in [0.29, 0.717) is 25.1 Å². The number of fused-ring (bicyclic) bond motifs is 1. The van der Waals surface area contributed by atoms with E-state index in [2.05, 4.69) is 4.72 Å². The lowest BCUT2D eigenvalue weighted by atomic mass is 9.79. The maximum Gasteiger partial charge on any atom is 0.245 e. The van der Waals surface area contributed by atoms with Crippen molar-refractivity contribution in [3.8, 4) is 22.6 Å². The van der Waals surface area contributed by atoms with E-state index in [1.165, 1.54) is 28.6 Å². The summed E-state index contributed by atoms with van der Waals surface area (Å²) in [5, 5.41) is 10.6. The first kappa shape index (κ1) is 31.4. The number of benzene rings is 3. The number of hydrogen-bond donors (Lipinski definition) is 2. The second-order valence-electron chi connectivity index (χ2n) is 11.2. The fourth-order valence-electron chi connectivity index (χ4n) is 5.74. The Balaban J connectivity index is 1.47. The number of ether oxygens (including phenoxy) is 2. The number of hydrogen-bond acceptors (Lipinski definition) is 8. The molecule has 13 heteroatoms. The summed E-state index contributed by atoms with van der Waals surface area (Å²) in [7, 11) is -4.70. The number of rotatable bonds is 4. The van der Waals surface area contributed by atoms with E-state index >= 15 is 0 Å². The van der Waals surface area contributed by atoms with Gasteiger partial charge in [0.05, 0.1) is 19.8 Å². The first-order valence-electron chi connectivity index (χ1n) is 13.9. The summed E-state index contributed by atoms with van der Waals surface area (Å²) in [6.07, 6.45) is -0.202. The normalized spacial score (nSPS) is 21.6. The van der Waals surface area contributed by atoms with Crippen LogP contribution < -0.4 is 14.2 Å². The number of methoxy groups -OCH3 is 1. The highest BCUT2D eigenvalue weighted by atomic mass is 32.2. The minimum absolute atomic E-state index is 0.0602. The number of halogens is 1. The molecular formula is C30H36FN3O7S2. The van der Waals surface area contributed by atoms with Crippen molar-refractivity contribution in [3.05, 3.63) is 72.5 Å². The van der Waals surface area contributed by atoms with Crippen molar-refractivity contribution < 1.29 is 35.8 Å². The van der Waals surface area contributed by atoms with Crippen LogP contribution in [0.15, 0.2) is 76.5 Å². The fourth-order valence-corrected chi connectivity index (χ4v) is 8.45. The number of nitrogens with zero attached hydrogens (tertiary/aromatic N) is 2. The topological polar surface area (TPSA) is 125 Å². The van der Waals surface area contributed by atoms with Gasteiger partial charge in [-0.25, -0.2) is 25.9 Å². The third kappa shape index (κ3) is 6.87. The lowest BCUT2D eigenvalue weighted by Gasteiger charge is -2.43. The maximum absolute atomic E-state index is 14.4. The number of piperidine rings is 1. The fraction of sp³-hybridized carbons (Fsp3) is 0.400. The van der Waals surface area contributed by atoms with Crippen molar-refractivity contribution in [1.29, 1.82) is 0 Å². The van der Waals surface area contributed by atoms with Crippen LogP contribution in [-0.2, 0) is 20.0 Å². The second-order valence-corrected chi connectivity index (χ2v) is 14.9. The number of β-amino-alcohol motifs (C(OH)–C–C–N with tert-alkyl or cyclic N) is 1. The molecule has 1 unspecified atom stereocenters. The Labute approximate surface area is 252 Å². The molecule has 0 aliphatic carbocycles. The molecule has 2 heterocycles. The average Bonchev–Trinajstić information content (AvgIpc) is 2.99. The van der Waals surface area contributed by atoms with Crippen molar-refractivity contribution in [2.24, 2.45) is 5.41 Å². The quantitative estimate of drug-likeness (QED) is 0.450. The van der Waals surface area contributed by atoms with Crippen LogP contribution in [0.1, 0.15) is 12.8 Å². The number of aliphatic hydroxyl groups is 1. The first-order chi connectivity index (χ1) is 20.4. The Hall–Kier alpha value is -3.07. The van der Waals surface area contributed by atoms with E-state index in [4.69, 9.17) is 9.47 Å². The van der Waals surface area contributed by atoms with Gasteiger partial charge in [-0.05, 0) is 67.4 Å². The highest BCUT2D eigenvalue weighted by molar-refractivity contribution is 7.89. The molecular weight excluding hydrogens is 597 g/mol. The third-order valence-electron chi connectivity index (χ3n) is 8.04. The number of sulfonamides is 2. The van der Waals surface area contributed by atoms with Crippen LogP contribution in [0, 0.1) is 11.2 Å². The molecule has 1 fully saturated rings. The Morgan fingerprint density at radius 3 is 2.49 bits per heavy atom. The van der Waals surface area contributed by atoms with Gasteiger partial charge >= 0.3 is 0 Å². The largest absolute Gasteiger partial charge is 0.497 e. The van der Waals surface area contributed by atoms with Gasteiger partial charge in [0.15, 0.2) is 0 Å². The van der Waals surface area contributed by atoms with Crippen molar-refractivity contribution in [2.45, 2.75) is 28.7 Å². The smallest absolute Gasteiger partial charge is 0.245 e. The molecule has 5 rings (SSSR count). The van der Waals surface area contributed by atoms with Gasteiger partial charge in [-0.1, -0.05) is 30.3 Å². The molecule has 2 aliphatic rings. The molecule has 2 aliphatic heterocycles. The van der Waals surface area contributed by atoms with Gasteiger partial charge in [0.1, 0.15) is 27.1 Å². The highest BCUT2D eigenvalue weighted by Crippen LogP contribution is 2.38. The molecule has 0 saturated carbocycles. The minimum Gasteiger partial charge on any atom is -0.497 e. The summed E-state index contributed by atoms with van der Waals surface area (Å²) in [5.41, 5.74) is 0.950. The van der Waals surface area contributed by atoms with E-state index < -0.39 is 37.4 Å². The first-order valence-corrected chi connectivity index (χ1v) is 16.9. The van der Waals surface area contributed by atoms with Crippen molar-refractivity contribution in [3.63, 3.8) is 0 Å². The SMILES string of the molecule is COc1cccc(-c2ccc3c(c2)OCC2(CCN(S(=O)(=O)c4ccccc4F)CC2)CN(C)CC(O)CNS3(=O)=O)c1. The monoisotopic (exact) mass is 633 g/mol. The molecule has 3 aromatic rings. The third-order valence-corrected chi connectivity index (χ3v) is 11.4. The highest BCUT2D eigenvalue weighted by Gasteiger charge is 2.41. The zero-order chi connectivity index (χ0) is 30.8. The van der Waals surface area contributed by atoms with Crippen molar-refractivity contribution >= 4 is 20.0 Å². The van der Waals surface area contributed by atoms with Gasteiger partial charge in [0, 0.05) is 38.1 Å². The summed E-state index contributed by atoms with van der Waals surface area (Å²) in [6.45, 7) is 0.842. The van der Waals surface area contributed by atoms with Crippen LogP contribution in [0.2, 0.25) is 0 Å². The lowest BCUT2D eigenvalue weighted by Crippen LogP contribution is -2.51. The molecule has 3 aromatic carbocycles. The number of likely N-dealkylation sites (N-methyl/N-ethyl adjacent to an activating group) is 1. The predicted molar refractivity (Wildman–Crippen MR) is 159 cm³/mol. The maximum atomic E-state index is 14.4. The van der Waals surface area contributed by atoms with Crippen LogP contribution in [0.5, 0.6) is 11.5 Å². The van der Waals surface area contributed by atoms with Crippen LogP contribution in [0.25, 0.3) is 11.1 Å². The molecule has 43 heavy (non-hydrogen) atoms. The van der Waals surface area contributed by atoms with E-state index in [1.807, 2.05) is 36.2 Å². The minimum atomic E-state index is -4.05. The molecule has 0 aromatic heterocycles. The molecule has 2 N–H and O–H groups in total. The molecule has 10 nitrogen and oxygen atoms in total. The zero-order valence-electron chi connectivity index (χ0n) is 24.1. The Bertz CT molecular complexity index is 1680. The molecule has 1 spiro atoms. The van der Waals surface area contributed by atoms with Crippen LogP contribution in [0.4, 0.5) is 4.39 Å². The molecule has 232 valence electrons. The Morgan fingerprint density at radius 1 is 1.05 bits per heavy atom. The van der Waals surface area contributed by atoms with Gasteiger partial charge in [-0.15, -0.1) is 0 Å². The van der Waals surface area contributed by atoms with Crippen molar-refractivity contribution in [2.75, 3.05) is 53.5 Å². The van der Waals surface area contributed by atoms with Gasteiger partial charge in [0.25, 0.3) is 0 Å². The van der Waals surface area contributed by atoms with Crippen molar-refractivity contribution in [1.82, 2.24) is 13.9 Å². The molecule has 0 radical (unpaired) electrons. The van der Waals surface area contributed by atoms with Crippen LogP contribution in [-0.4, -0.2) is 90.7 Å². The summed E-state index contributed by atoms with van der Waals surface area (Å²) < 4.78 is 83.1. The summed E-state index contributed by atoms with van der Waals surface area (Å²) in [4.78, 5) is 1.48. The van der Waals surface area contributed by atoms with Gasteiger partial charge in [0.2, 0.25) is 20.0 Å². The summed E-state index contributed by atoms with van der Waals surface area (Å²) >= 11 is 0. The van der Waals surface area contributed by atoms with Crippen LogP contribution >= 0.6 is 0 Å². The van der Waals surface area contributed by atoms with E-state index in [-0.39, 0.29) is 48.3 Å². The Morgan fingerprint density at radius 2 is 1.77 bits per heavy atom. The summed E-state index contributed by atoms with van der Waals surface area (Å²) in [6, 6.07) is 17.5. The second kappa shape index (κ2) is 12.5. The summed E-state index contributed by atoms with van der Waals surface area (Å²) in [5.74, 6) is -0.0102. The lowest BCUT2D eigenvalue weighted by molar-refractivity contribution is 0.0318. The zero-order valence-corrected chi connectivity index (χ0v) is 25.7. The van der Waals surface area contributed by atoms with E-state index in [0.717, 1.165) is 17.2 Å². The number of nitrogens with one attached hydrogen (secondary N) is 1. The standard InChI is InChI=1S/C30H36FN3O7S2/c1-33-19-24(35)18-32-42(36,37)29-11-10-23(22-6-5-7-25(16-22)40-2)17-27(29)41-21-30(20-33)12-14-34(15-13-30)43(38,39)28-9-4-3-8-26(28)31/h3-11,16-17,24,32,35H,12-15,18-21H2,1-2H3. The molecule has 1 saturated heterocycles. The van der Waals surface area contributed by atoms with Gasteiger partial charge in [-0.2, -0.15) is 4.31 Å². The molecule has 1 atom stereocenters. The predicted octanol–water partition coefficient (Wildman–Crippen LogP) is 2.94. The Kier molecular flexibility index (Phi) is 9.12. The molecule has 0 amide bonds. The van der Waals surface area contributed by atoms with E-state index in [9.17, 15) is 26.3 Å². The van der Waals surface area contributed by atoms with Crippen LogP contribution in [0.3, 0.4) is 0 Å². The van der Waals surface area contributed by atoms with Gasteiger partial charge < -0.3 is 19.5 Å². The number of aliphatic hydroxyl groups excluding tert-OH is 1.